The molecule has 21 heavy (non-hydrogen) atoms. The highest BCUT2D eigenvalue weighted by atomic mass is 15.3. The summed E-state index contributed by atoms with van der Waals surface area (Å²) in [6, 6.07) is 11.4. The molecule has 0 saturated carbocycles. The molecule has 1 saturated heterocycles. The lowest BCUT2D eigenvalue weighted by Gasteiger charge is -2.50. The fourth-order valence-electron chi connectivity index (χ4n) is 3.31. The Morgan fingerprint density at radius 1 is 1.29 bits per heavy atom. The molecule has 0 bridgehead atoms. The second-order valence-electron chi connectivity index (χ2n) is 7.46. The molecule has 1 aliphatic rings. The summed E-state index contributed by atoms with van der Waals surface area (Å²) >= 11 is 0. The van der Waals surface area contributed by atoms with E-state index in [0.717, 1.165) is 19.6 Å². The molecule has 2 heteroatoms. The van der Waals surface area contributed by atoms with Gasteiger partial charge in [-0.25, -0.2) is 0 Å². The average molecular weight is 286 g/mol. The van der Waals surface area contributed by atoms with Crippen molar-refractivity contribution in [1.82, 2.24) is 10.2 Å². The predicted molar refractivity (Wildman–Crippen MR) is 91.4 cm³/mol. The van der Waals surface area contributed by atoms with Gasteiger partial charge >= 0.3 is 0 Å². The summed E-state index contributed by atoms with van der Waals surface area (Å²) < 4.78 is 0. The van der Waals surface area contributed by atoms with Crippen LogP contribution in [-0.4, -0.2) is 30.6 Å². The van der Waals surface area contributed by atoms with Crippen molar-refractivity contribution in [2.75, 3.05) is 19.6 Å². The van der Waals surface area contributed by atoms with Gasteiger partial charge in [0.25, 0.3) is 0 Å². The highest BCUT2D eigenvalue weighted by Gasteiger charge is 2.40. The minimum Gasteiger partial charge on any atom is -0.305 e. The standard InChI is InChI=1S/C19H30N2/c1-6-7-13-21-15-19(5,16-11-9-8-10-12-16)20-14-17(21)18(2,3)4/h6-12,17,20H,13-15H2,1-5H3/b7-6+. The molecule has 1 fully saturated rings. The Morgan fingerprint density at radius 2 is 1.95 bits per heavy atom. The van der Waals surface area contributed by atoms with Gasteiger partial charge < -0.3 is 5.32 Å². The average Bonchev–Trinajstić information content (AvgIpc) is 2.45. The molecule has 0 spiro atoms. The molecule has 1 aliphatic heterocycles. The van der Waals surface area contributed by atoms with Crippen molar-refractivity contribution in [3.05, 3.63) is 48.0 Å². The summed E-state index contributed by atoms with van der Waals surface area (Å²) in [5.41, 5.74) is 1.69. The summed E-state index contributed by atoms with van der Waals surface area (Å²) in [7, 11) is 0. The zero-order valence-electron chi connectivity index (χ0n) is 14.2. The summed E-state index contributed by atoms with van der Waals surface area (Å²) in [6.45, 7) is 14.6. The SMILES string of the molecule is C/C=C/CN1CC(C)(c2ccccc2)NCC1C(C)(C)C. The second kappa shape index (κ2) is 6.33. The van der Waals surface area contributed by atoms with Gasteiger partial charge in [-0.15, -0.1) is 0 Å². The van der Waals surface area contributed by atoms with Gasteiger partial charge in [-0.3, -0.25) is 4.90 Å². The Labute approximate surface area is 130 Å². The molecule has 2 atom stereocenters. The Kier molecular flexibility index (Phi) is 4.90. The summed E-state index contributed by atoms with van der Waals surface area (Å²) in [5.74, 6) is 0. The van der Waals surface area contributed by atoms with Gasteiger partial charge in [0.1, 0.15) is 0 Å². The molecule has 1 N–H and O–H groups in total. The van der Waals surface area contributed by atoms with Crippen LogP contribution in [0.5, 0.6) is 0 Å². The molecule has 0 radical (unpaired) electrons. The smallest absolute Gasteiger partial charge is 0.0535 e. The number of hydrogen-bond acceptors (Lipinski definition) is 2. The Morgan fingerprint density at radius 3 is 2.52 bits per heavy atom. The van der Waals surface area contributed by atoms with Crippen molar-refractivity contribution in [2.45, 2.75) is 46.2 Å². The monoisotopic (exact) mass is 286 g/mol. The predicted octanol–water partition coefficient (Wildman–Crippen LogP) is 3.80. The van der Waals surface area contributed by atoms with Gasteiger partial charge in [0.05, 0.1) is 5.54 Å². The first kappa shape index (κ1) is 16.3. The van der Waals surface area contributed by atoms with Crippen molar-refractivity contribution < 1.29 is 0 Å². The molecular weight excluding hydrogens is 256 g/mol. The lowest BCUT2D eigenvalue weighted by Crippen LogP contribution is -2.64. The Hall–Kier alpha value is -1.12. The molecule has 1 heterocycles. The molecule has 2 nitrogen and oxygen atoms in total. The van der Waals surface area contributed by atoms with E-state index in [1.807, 2.05) is 0 Å². The highest BCUT2D eigenvalue weighted by molar-refractivity contribution is 5.25. The number of allylic oxidation sites excluding steroid dienone is 1. The largest absolute Gasteiger partial charge is 0.305 e. The quantitative estimate of drug-likeness (QED) is 0.850. The second-order valence-corrected chi connectivity index (χ2v) is 7.46. The van der Waals surface area contributed by atoms with E-state index >= 15 is 0 Å². The van der Waals surface area contributed by atoms with Crippen LogP contribution >= 0.6 is 0 Å². The maximum Gasteiger partial charge on any atom is 0.0535 e. The number of benzene rings is 1. The molecular formula is C19H30N2. The number of rotatable bonds is 3. The van der Waals surface area contributed by atoms with Crippen molar-refractivity contribution in [2.24, 2.45) is 5.41 Å². The number of nitrogens with zero attached hydrogens (tertiary/aromatic N) is 1. The molecule has 116 valence electrons. The van der Waals surface area contributed by atoms with Crippen LogP contribution in [0.1, 0.15) is 40.2 Å². The van der Waals surface area contributed by atoms with Gasteiger partial charge in [0.2, 0.25) is 0 Å². The number of nitrogens with one attached hydrogen (secondary N) is 1. The van der Waals surface area contributed by atoms with Gasteiger partial charge in [0.15, 0.2) is 0 Å². The third-order valence-corrected chi connectivity index (χ3v) is 4.63. The fraction of sp³-hybridized carbons (Fsp3) is 0.579. The first-order valence-electron chi connectivity index (χ1n) is 8.02. The minimum atomic E-state index is 0.0323. The van der Waals surface area contributed by atoms with E-state index in [9.17, 15) is 0 Å². The van der Waals surface area contributed by atoms with Gasteiger partial charge in [0, 0.05) is 25.7 Å². The maximum atomic E-state index is 3.81. The van der Waals surface area contributed by atoms with Crippen LogP contribution in [-0.2, 0) is 5.54 Å². The number of hydrogen-bond donors (Lipinski definition) is 1. The zero-order valence-corrected chi connectivity index (χ0v) is 14.2. The summed E-state index contributed by atoms with van der Waals surface area (Å²) in [6.07, 6.45) is 4.43. The van der Waals surface area contributed by atoms with Crippen LogP contribution in [0.25, 0.3) is 0 Å². The molecule has 2 unspecified atom stereocenters. The third-order valence-electron chi connectivity index (χ3n) is 4.63. The van der Waals surface area contributed by atoms with Gasteiger partial charge in [-0.05, 0) is 24.8 Å². The molecule has 2 rings (SSSR count). The fourth-order valence-corrected chi connectivity index (χ4v) is 3.31. The molecule has 1 aromatic rings. The maximum absolute atomic E-state index is 3.81. The Balaban J connectivity index is 2.23. The van der Waals surface area contributed by atoms with E-state index in [-0.39, 0.29) is 11.0 Å². The van der Waals surface area contributed by atoms with Crippen LogP contribution < -0.4 is 5.32 Å². The minimum absolute atomic E-state index is 0.0323. The number of piperazine rings is 1. The van der Waals surface area contributed by atoms with Crippen molar-refractivity contribution in [1.29, 1.82) is 0 Å². The zero-order chi connectivity index (χ0) is 15.5. The Bertz CT molecular complexity index is 472. The normalized spacial score (nSPS) is 28.1. The first-order valence-corrected chi connectivity index (χ1v) is 8.02. The van der Waals surface area contributed by atoms with Gasteiger partial charge in [-0.1, -0.05) is 63.3 Å². The van der Waals surface area contributed by atoms with E-state index in [2.05, 4.69) is 87.3 Å². The molecule has 0 aromatic heterocycles. The van der Waals surface area contributed by atoms with Crippen LogP contribution in [0.15, 0.2) is 42.5 Å². The summed E-state index contributed by atoms with van der Waals surface area (Å²) in [5, 5.41) is 3.81. The van der Waals surface area contributed by atoms with Crippen LogP contribution in [0, 0.1) is 5.41 Å². The van der Waals surface area contributed by atoms with E-state index in [1.54, 1.807) is 0 Å². The molecule has 0 aliphatic carbocycles. The molecule has 1 aromatic carbocycles. The van der Waals surface area contributed by atoms with Crippen molar-refractivity contribution >= 4 is 0 Å². The van der Waals surface area contributed by atoms with Crippen molar-refractivity contribution in [3.8, 4) is 0 Å². The summed E-state index contributed by atoms with van der Waals surface area (Å²) in [4.78, 5) is 2.63. The van der Waals surface area contributed by atoms with Crippen LogP contribution in [0.3, 0.4) is 0 Å². The van der Waals surface area contributed by atoms with E-state index < -0.39 is 0 Å². The van der Waals surface area contributed by atoms with Crippen LogP contribution in [0.2, 0.25) is 0 Å². The van der Waals surface area contributed by atoms with E-state index in [1.165, 1.54) is 5.56 Å². The topological polar surface area (TPSA) is 15.3 Å². The highest BCUT2D eigenvalue weighted by Crippen LogP contribution is 2.32. The van der Waals surface area contributed by atoms with E-state index in [0.29, 0.717) is 6.04 Å². The van der Waals surface area contributed by atoms with Gasteiger partial charge in [-0.2, -0.15) is 0 Å². The molecule has 0 amide bonds. The lowest BCUT2D eigenvalue weighted by molar-refractivity contribution is 0.0353. The van der Waals surface area contributed by atoms with Crippen molar-refractivity contribution in [3.63, 3.8) is 0 Å². The third kappa shape index (κ3) is 3.75. The van der Waals surface area contributed by atoms with E-state index in [4.69, 9.17) is 0 Å². The van der Waals surface area contributed by atoms with Crippen LogP contribution in [0.4, 0.5) is 0 Å². The first-order chi connectivity index (χ1) is 9.87. The lowest BCUT2D eigenvalue weighted by atomic mass is 9.80.